The van der Waals surface area contributed by atoms with Gasteiger partial charge in [-0.05, 0) is 18.1 Å². The highest BCUT2D eigenvalue weighted by Crippen LogP contribution is 2.20. The maximum absolute atomic E-state index is 12.4. The Balaban J connectivity index is 1.49. The third kappa shape index (κ3) is 5.63. The van der Waals surface area contributed by atoms with Crippen LogP contribution in [0.15, 0.2) is 67.0 Å². The number of rotatable bonds is 8. The van der Waals surface area contributed by atoms with Crippen LogP contribution in [0.3, 0.4) is 0 Å². The summed E-state index contributed by atoms with van der Waals surface area (Å²) in [4.78, 5) is 16.8. The number of benzene rings is 2. The fourth-order valence-electron chi connectivity index (χ4n) is 2.89. The molecule has 1 heterocycles. The van der Waals surface area contributed by atoms with Gasteiger partial charge in [0.2, 0.25) is 0 Å². The molecule has 1 unspecified atom stereocenters. The number of nitrogens with one attached hydrogen (secondary N) is 2. The summed E-state index contributed by atoms with van der Waals surface area (Å²) >= 11 is 1.81. The number of carbonyl (C=O) groups is 1. The molecule has 0 bridgehead atoms. The first-order valence-electron chi connectivity index (χ1n) is 9.33. The lowest BCUT2D eigenvalue weighted by molar-refractivity contribution is 0.238. The number of aromatic nitrogens is 2. The predicted octanol–water partition coefficient (Wildman–Crippen LogP) is 4.05. The second-order valence-electron chi connectivity index (χ2n) is 6.68. The molecule has 0 spiro atoms. The van der Waals surface area contributed by atoms with E-state index in [-0.39, 0.29) is 12.1 Å². The topological polar surface area (TPSA) is 59.0 Å². The largest absolute Gasteiger partial charge is 0.337 e. The van der Waals surface area contributed by atoms with Crippen LogP contribution in [-0.4, -0.2) is 27.9 Å². The minimum absolute atomic E-state index is 0.187. The van der Waals surface area contributed by atoms with Gasteiger partial charge < -0.3 is 15.2 Å². The third-order valence-corrected chi connectivity index (χ3v) is 5.48. The van der Waals surface area contributed by atoms with Crippen molar-refractivity contribution >= 4 is 17.8 Å². The molecule has 0 aliphatic rings. The zero-order chi connectivity index (χ0) is 19.8. The van der Waals surface area contributed by atoms with Crippen LogP contribution in [0.25, 0.3) is 0 Å². The zero-order valence-electron chi connectivity index (χ0n) is 16.3. The van der Waals surface area contributed by atoms with E-state index in [1.165, 1.54) is 11.1 Å². The summed E-state index contributed by atoms with van der Waals surface area (Å²) in [6, 6.07) is 18.0. The molecular weight excluding hydrogens is 368 g/mol. The number of imidazole rings is 1. The second kappa shape index (κ2) is 9.99. The highest BCUT2D eigenvalue weighted by Gasteiger charge is 2.20. The van der Waals surface area contributed by atoms with Crippen molar-refractivity contribution in [3.63, 3.8) is 0 Å². The van der Waals surface area contributed by atoms with Gasteiger partial charge in [0, 0.05) is 37.5 Å². The standard InChI is InChI=1S/C22H26N4OS/c1-17-8-10-18(11-9-17)16-28-15-13-24-22(27)25-20(19-6-4-3-5-7-19)21-23-12-14-26(21)2/h3-12,14,20H,13,15-16H2,1-2H3,(H2,24,25,27). The minimum atomic E-state index is -0.290. The molecule has 28 heavy (non-hydrogen) atoms. The van der Waals surface area contributed by atoms with Gasteiger partial charge in [0.25, 0.3) is 0 Å². The SMILES string of the molecule is Cc1ccc(CSCCNC(=O)NC(c2ccccc2)c2nccn2C)cc1. The minimum Gasteiger partial charge on any atom is -0.337 e. The molecule has 2 aromatic carbocycles. The molecule has 146 valence electrons. The van der Waals surface area contributed by atoms with Gasteiger partial charge in [-0.3, -0.25) is 0 Å². The Morgan fingerprint density at radius 2 is 1.89 bits per heavy atom. The highest BCUT2D eigenvalue weighted by molar-refractivity contribution is 7.98. The fourth-order valence-corrected chi connectivity index (χ4v) is 3.71. The van der Waals surface area contributed by atoms with Crippen molar-refractivity contribution in [1.82, 2.24) is 20.2 Å². The molecule has 6 heteroatoms. The molecule has 0 saturated carbocycles. The first kappa shape index (κ1) is 20.0. The summed E-state index contributed by atoms with van der Waals surface area (Å²) in [5.41, 5.74) is 3.58. The van der Waals surface area contributed by atoms with Gasteiger partial charge in [-0.1, -0.05) is 60.2 Å². The van der Waals surface area contributed by atoms with E-state index in [0.717, 1.165) is 22.9 Å². The van der Waals surface area contributed by atoms with Crippen molar-refractivity contribution in [1.29, 1.82) is 0 Å². The summed E-state index contributed by atoms with van der Waals surface area (Å²) in [6.45, 7) is 2.71. The molecule has 0 fully saturated rings. The van der Waals surface area contributed by atoms with Crippen molar-refractivity contribution < 1.29 is 4.79 Å². The molecule has 2 amide bonds. The average molecular weight is 395 g/mol. The Kier molecular flexibility index (Phi) is 7.14. The maximum atomic E-state index is 12.4. The lowest BCUT2D eigenvalue weighted by atomic mass is 10.1. The summed E-state index contributed by atoms with van der Waals surface area (Å²) in [5.74, 6) is 2.61. The average Bonchev–Trinajstić information content (AvgIpc) is 3.13. The van der Waals surface area contributed by atoms with E-state index in [1.807, 2.05) is 59.9 Å². The Morgan fingerprint density at radius 1 is 1.14 bits per heavy atom. The van der Waals surface area contributed by atoms with Gasteiger partial charge >= 0.3 is 6.03 Å². The van der Waals surface area contributed by atoms with Gasteiger partial charge in [-0.2, -0.15) is 11.8 Å². The van der Waals surface area contributed by atoms with Crippen LogP contribution in [0.5, 0.6) is 0 Å². The second-order valence-corrected chi connectivity index (χ2v) is 7.78. The van der Waals surface area contributed by atoms with E-state index in [1.54, 1.807) is 6.20 Å². The molecule has 1 atom stereocenters. The van der Waals surface area contributed by atoms with Crippen LogP contribution in [-0.2, 0) is 12.8 Å². The molecule has 0 radical (unpaired) electrons. The highest BCUT2D eigenvalue weighted by atomic mass is 32.2. The normalized spacial score (nSPS) is 11.8. The lowest BCUT2D eigenvalue weighted by Crippen LogP contribution is -2.40. The maximum Gasteiger partial charge on any atom is 0.315 e. The van der Waals surface area contributed by atoms with Crippen molar-refractivity contribution in [2.45, 2.75) is 18.7 Å². The number of aryl methyl sites for hydroxylation is 2. The van der Waals surface area contributed by atoms with Crippen LogP contribution in [0.4, 0.5) is 4.79 Å². The van der Waals surface area contributed by atoms with Crippen molar-refractivity contribution in [2.24, 2.45) is 7.05 Å². The van der Waals surface area contributed by atoms with Crippen LogP contribution in [0.1, 0.15) is 28.6 Å². The van der Waals surface area contributed by atoms with Gasteiger partial charge in [0.05, 0.1) is 0 Å². The summed E-state index contributed by atoms with van der Waals surface area (Å²) in [7, 11) is 1.93. The fraction of sp³-hybridized carbons (Fsp3) is 0.273. The third-order valence-electron chi connectivity index (χ3n) is 4.45. The Bertz CT molecular complexity index is 877. The Hall–Kier alpha value is -2.73. The Morgan fingerprint density at radius 3 is 2.57 bits per heavy atom. The van der Waals surface area contributed by atoms with E-state index >= 15 is 0 Å². The summed E-state index contributed by atoms with van der Waals surface area (Å²) in [6.07, 6.45) is 3.62. The first-order valence-corrected chi connectivity index (χ1v) is 10.5. The smallest absolute Gasteiger partial charge is 0.315 e. The lowest BCUT2D eigenvalue weighted by Gasteiger charge is -2.19. The van der Waals surface area contributed by atoms with Crippen molar-refractivity contribution in [2.75, 3.05) is 12.3 Å². The van der Waals surface area contributed by atoms with Crippen LogP contribution in [0, 0.1) is 6.92 Å². The number of hydrogen-bond acceptors (Lipinski definition) is 3. The number of hydrogen-bond donors (Lipinski definition) is 2. The molecule has 3 aromatic rings. The number of amides is 2. The van der Waals surface area contributed by atoms with E-state index < -0.39 is 0 Å². The number of thioether (sulfide) groups is 1. The van der Waals surface area contributed by atoms with E-state index in [4.69, 9.17) is 0 Å². The van der Waals surface area contributed by atoms with Gasteiger partial charge in [0.1, 0.15) is 11.9 Å². The number of carbonyl (C=O) groups excluding carboxylic acids is 1. The van der Waals surface area contributed by atoms with Crippen molar-refractivity contribution in [3.05, 3.63) is 89.5 Å². The van der Waals surface area contributed by atoms with Crippen LogP contribution in [0.2, 0.25) is 0 Å². The summed E-state index contributed by atoms with van der Waals surface area (Å²) in [5, 5.41) is 6.00. The molecule has 5 nitrogen and oxygen atoms in total. The number of nitrogens with zero attached hydrogens (tertiary/aromatic N) is 2. The van der Waals surface area contributed by atoms with Crippen LogP contribution >= 0.6 is 11.8 Å². The molecule has 0 saturated heterocycles. The van der Waals surface area contributed by atoms with E-state index in [2.05, 4.69) is 46.8 Å². The zero-order valence-corrected chi connectivity index (χ0v) is 17.1. The first-order chi connectivity index (χ1) is 13.6. The van der Waals surface area contributed by atoms with E-state index in [0.29, 0.717) is 6.54 Å². The van der Waals surface area contributed by atoms with Crippen molar-refractivity contribution in [3.8, 4) is 0 Å². The van der Waals surface area contributed by atoms with Gasteiger partial charge in [0.15, 0.2) is 0 Å². The van der Waals surface area contributed by atoms with Crippen LogP contribution < -0.4 is 10.6 Å². The summed E-state index contributed by atoms with van der Waals surface area (Å²) < 4.78 is 1.93. The predicted molar refractivity (Wildman–Crippen MR) is 115 cm³/mol. The Labute approximate surface area is 170 Å². The molecule has 0 aliphatic carbocycles. The molecule has 2 N–H and O–H groups in total. The van der Waals surface area contributed by atoms with Gasteiger partial charge in [-0.15, -0.1) is 0 Å². The molecule has 3 rings (SSSR count). The molecule has 0 aliphatic heterocycles. The quantitative estimate of drug-likeness (QED) is 0.567. The van der Waals surface area contributed by atoms with E-state index in [9.17, 15) is 4.79 Å². The van der Waals surface area contributed by atoms with Gasteiger partial charge in [-0.25, -0.2) is 9.78 Å². The molecule has 1 aromatic heterocycles. The monoisotopic (exact) mass is 394 g/mol. The molecular formula is C22H26N4OS. The number of urea groups is 1.